The van der Waals surface area contributed by atoms with Gasteiger partial charge in [-0.05, 0) is 44.4 Å². The van der Waals surface area contributed by atoms with Crippen molar-refractivity contribution in [1.82, 2.24) is 14.9 Å². The number of amides is 1. The van der Waals surface area contributed by atoms with Gasteiger partial charge in [0.15, 0.2) is 0 Å². The highest BCUT2D eigenvalue weighted by molar-refractivity contribution is 5.83. The number of aromatic nitrogens is 2. The molecule has 1 aliphatic heterocycles. The van der Waals surface area contributed by atoms with Crippen LogP contribution in [0.1, 0.15) is 64.3 Å². The summed E-state index contributed by atoms with van der Waals surface area (Å²) in [7, 11) is 1.29. The minimum atomic E-state index is -4.66. The van der Waals surface area contributed by atoms with E-state index in [-0.39, 0.29) is 43.2 Å². The normalized spacial score (nSPS) is 20.4. The summed E-state index contributed by atoms with van der Waals surface area (Å²) in [6.07, 6.45) is -3.19. The third-order valence-corrected chi connectivity index (χ3v) is 7.01. The molecule has 1 aliphatic rings. The Bertz CT molecular complexity index is 1310. The van der Waals surface area contributed by atoms with Crippen LogP contribution < -0.4 is 9.47 Å². The molecule has 2 aromatic heterocycles. The zero-order chi connectivity index (χ0) is 32.8. The topological polar surface area (TPSA) is 109 Å². The molecule has 0 aliphatic carbocycles. The number of halogens is 3. The Balaban J connectivity index is 2.26. The first-order valence-electron chi connectivity index (χ1n) is 14.2. The van der Waals surface area contributed by atoms with E-state index in [0.29, 0.717) is 11.8 Å². The van der Waals surface area contributed by atoms with Gasteiger partial charge >= 0.3 is 18.2 Å². The van der Waals surface area contributed by atoms with Crippen LogP contribution in [0.5, 0.6) is 11.8 Å². The van der Waals surface area contributed by atoms with Crippen LogP contribution in [-0.4, -0.2) is 65.5 Å². The fourth-order valence-corrected chi connectivity index (χ4v) is 5.36. The van der Waals surface area contributed by atoms with Crippen LogP contribution in [0.25, 0.3) is 0 Å². The summed E-state index contributed by atoms with van der Waals surface area (Å²) in [5, 5.41) is 0. The average molecular weight is 624 g/mol. The molecule has 0 bridgehead atoms. The zero-order valence-corrected chi connectivity index (χ0v) is 26.0. The summed E-state index contributed by atoms with van der Waals surface area (Å²) in [4.78, 5) is 36.9. The molecule has 2 aromatic rings. The van der Waals surface area contributed by atoms with Crippen molar-refractivity contribution in [2.75, 3.05) is 20.3 Å². The molecule has 44 heavy (non-hydrogen) atoms. The van der Waals surface area contributed by atoms with Gasteiger partial charge in [0, 0.05) is 29.4 Å². The number of hydrogen-bond donors (Lipinski definition) is 0. The van der Waals surface area contributed by atoms with Crippen LogP contribution in [0.4, 0.5) is 18.0 Å². The molecule has 0 N–H and O–H groups in total. The standard InChI is InChI=1S/C31H40F3N3O7/c1-9-14-42-29(39)37-23(21-12-11-13-35-27(21)44-18(3)4)25(22(30(5,6)7)24(37)28(38)41-10-2)43-17-19-15-20(31(32,33)34)16-36-26(19)40-8/h9,11-13,15-16,18,22-25H,1,10,14,17H2,2-8H3/t22-,23+,24+,25+/m1/s1. The van der Waals surface area contributed by atoms with Crippen molar-refractivity contribution in [2.45, 2.75) is 78.6 Å². The van der Waals surface area contributed by atoms with Crippen LogP contribution in [0.2, 0.25) is 0 Å². The van der Waals surface area contributed by atoms with Gasteiger partial charge in [0.05, 0.1) is 44.1 Å². The highest BCUT2D eigenvalue weighted by atomic mass is 19.4. The van der Waals surface area contributed by atoms with Crippen LogP contribution in [0, 0.1) is 11.3 Å². The predicted molar refractivity (Wildman–Crippen MR) is 154 cm³/mol. The molecule has 0 aromatic carbocycles. The highest BCUT2D eigenvalue weighted by Crippen LogP contribution is 2.51. The molecule has 0 spiro atoms. The number of carbonyl (C=O) groups is 2. The molecule has 1 fully saturated rings. The van der Waals surface area contributed by atoms with E-state index in [1.54, 1.807) is 19.1 Å². The molecule has 0 radical (unpaired) electrons. The minimum Gasteiger partial charge on any atom is -0.481 e. The second-order valence-corrected chi connectivity index (χ2v) is 11.5. The highest BCUT2D eigenvalue weighted by Gasteiger charge is 2.60. The van der Waals surface area contributed by atoms with Gasteiger partial charge in [0.2, 0.25) is 11.8 Å². The summed E-state index contributed by atoms with van der Waals surface area (Å²) in [6, 6.07) is 2.02. The van der Waals surface area contributed by atoms with Crippen molar-refractivity contribution in [1.29, 1.82) is 0 Å². The van der Waals surface area contributed by atoms with Crippen LogP contribution in [-0.2, 0) is 31.8 Å². The third kappa shape index (κ3) is 7.79. The van der Waals surface area contributed by atoms with Crippen molar-refractivity contribution in [2.24, 2.45) is 11.3 Å². The van der Waals surface area contributed by atoms with E-state index in [1.165, 1.54) is 24.3 Å². The first-order chi connectivity index (χ1) is 20.6. The van der Waals surface area contributed by atoms with Gasteiger partial charge in [-0.3, -0.25) is 4.90 Å². The van der Waals surface area contributed by atoms with Gasteiger partial charge in [-0.25, -0.2) is 19.6 Å². The number of methoxy groups -OCH3 is 1. The Morgan fingerprint density at radius 1 is 1.14 bits per heavy atom. The molecule has 13 heteroatoms. The molecule has 3 rings (SSSR count). The fraction of sp³-hybridized carbons (Fsp3) is 0.548. The monoisotopic (exact) mass is 623 g/mol. The molecule has 0 unspecified atom stereocenters. The van der Waals surface area contributed by atoms with E-state index in [9.17, 15) is 22.8 Å². The summed E-state index contributed by atoms with van der Waals surface area (Å²) in [5.41, 5.74) is -1.24. The molecule has 242 valence electrons. The first kappa shape index (κ1) is 34.6. The molecular weight excluding hydrogens is 583 g/mol. The minimum absolute atomic E-state index is 0.0268. The van der Waals surface area contributed by atoms with Crippen molar-refractivity contribution in [3.63, 3.8) is 0 Å². The molecule has 10 nitrogen and oxygen atoms in total. The van der Waals surface area contributed by atoms with Crippen molar-refractivity contribution in [3.8, 4) is 11.8 Å². The number of pyridine rings is 2. The van der Waals surface area contributed by atoms with E-state index in [0.717, 1.165) is 6.07 Å². The number of alkyl halides is 3. The predicted octanol–water partition coefficient (Wildman–Crippen LogP) is 6.15. The Morgan fingerprint density at radius 3 is 2.41 bits per heavy atom. The van der Waals surface area contributed by atoms with Crippen LogP contribution in [0.3, 0.4) is 0 Å². The van der Waals surface area contributed by atoms with Crippen LogP contribution >= 0.6 is 0 Å². The van der Waals surface area contributed by atoms with Gasteiger partial charge in [-0.1, -0.05) is 33.4 Å². The molecular formula is C31H40F3N3O7. The van der Waals surface area contributed by atoms with Gasteiger partial charge in [0.25, 0.3) is 0 Å². The van der Waals surface area contributed by atoms with Crippen molar-refractivity contribution < 1.29 is 46.4 Å². The number of likely N-dealkylation sites (tertiary alicyclic amines) is 1. The van der Waals surface area contributed by atoms with Gasteiger partial charge in [-0.2, -0.15) is 13.2 Å². The zero-order valence-electron chi connectivity index (χ0n) is 26.0. The van der Waals surface area contributed by atoms with Gasteiger partial charge in [-0.15, -0.1) is 0 Å². The number of rotatable bonds is 11. The Labute approximate surface area is 255 Å². The van der Waals surface area contributed by atoms with E-state index < -0.39 is 53.3 Å². The smallest absolute Gasteiger partial charge is 0.417 e. The SMILES string of the molecule is C=CCOC(=O)N1[C@H](C(=O)OCC)[C@@H](C(C)(C)C)[C@H](OCc2cc(C(F)(F)F)cnc2OC)[C@@H]1c1cccnc1OC(C)C. The van der Waals surface area contributed by atoms with Crippen molar-refractivity contribution >= 4 is 12.1 Å². The molecule has 1 amide bonds. The Morgan fingerprint density at radius 2 is 1.84 bits per heavy atom. The third-order valence-electron chi connectivity index (χ3n) is 7.01. The van der Waals surface area contributed by atoms with Gasteiger partial charge in [0.1, 0.15) is 12.6 Å². The molecule has 1 saturated heterocycles. The maximum Gasteiger partial charge on any atom is 0.417 e. The lowest BCUT2D eigenvalue weighted by atomic mass is 9.73. The maximum atomic E-state index is 13.8. The molecule has 4 atom stereocenters. The number of nitrogens with zero attached hydrogens (tertiary/aromatic N) is 3. The molecule has 3 heterocycles. The lowest BCUT2D eigenvalue weighted by molar-refractivity contribution is -0.151. The lowest BCUT2D eigenvalue weighted by Gasteiger charge is -2.35. The summed E-state index contributed by atoms with van der Waals surface area (Å²) < 4.78 is 69.4. The van der Waals surface area contributed by atoms with E-state index in [2.05, 4.69) is 16.5 Å². The van der Waals surface area contributed by atoms with E-state index in [1.807, 2.05) is 34.6 Å². The van der Waals surface area contributed by atoms with Crippen LogP contribution in [0.15, 0.2) is 43.2 Å². The quantitative estimate of drug-likeness (QED) is 0.215. The number of hydrogen-bond acceptors (Lipinski definition) is 9. The number of ether oxygens (including phenoxy) is 5. The second kappa shape index (κ2) is 14.3. The summed E-state index contributed by atoms with van der Waals surface area (Å²) >= 11 is 0. The van der Waals surface area contributed by atoms with E-state index >= 15 is 0 Å². The largest absolute Gasteiger partial charge is 0.481 e. The Kier molecular flexibility index (Phi) is 11.2. The van der Waals surface area contributed by atoms with Gasteiger partial charge < -0.3 is 23.7 Å². The maximum absolute atomic E-state index is 13.8. The van der Waals surface area contributed by atoms with E-state index in [4.69, 9.17) is 23.7 Å². The average Bonchev–Trinajstić information content (AvgIpc) is 3.30. The summed E-state index contributed by atoms with van der Waals surface area (Å²) in [5.74, 6) is -1.29. The molecule has 0 saturated carbocycles. The first-order valence-corrected chi connectivity index (χ1v) is 14.2. The Hall–Kier alpha value is -3.87. The second-order valence-electron chi connectivity index (χ2n) is 11.5. The number of carbonyl (C=O) groups excluding carboxylic acids is 2. The van der Waals surface area contributed by atoms with Crippen molar-refractivity contribution in [3.05, 3.63) is 59.9 Å². The summed E-state index contributed by atoms with van der Waals surface area (Å²) in [6.45, 7) is 14.0. The fourth-order valence-electron chi connectivity index (χ4n) is 5.36. The lowest BCUT2D eigenvalue weighted by Crippen LogP contribution is -2.48. The number of esters is 1.